The lowest BCUT2D eigenvalue weighted by Gasteiger charge is -2.08. The molecule has 20 heavy (non-hydrogen) atoms. The van der Waals surface area contributed by atoms with Crippen molar-refractivity contribution in [2.45, 2.75) is 12.8 Å². The molecule has 0 unspecified atom stereocenters. The molecule has 0 amide bonds. The van der Waals surface area contributed by atoms with Gasteiger partial charge in [0.25, 0.3) is 0 Å². The van der Waals surface area contributed by atoms with Crippen LogP contribution < -0.4 is 9.47 Å². The first-order valence-corrected chi connectivity index (χ1v) is 6.27. The van der Waals surface area contributed by atoms with Crippen molar-refractivity contribution >= 4 is 5.97 Å². The third kappa shape index (κ3) is 3.82. The van der Waals surface area contributed by atoms with E-state index in [-0.39, 0.29) is 18.2 Å². The Morgan fingerprint density at radius 1 is 1.05 bits per heavy atom. The molecule has 0 saturated carbocycles. The molecule has 0 spiro atoms. The zero-order valence-corrected chi connectivity index (χ0v) is 11.1. The van der Waals surface area contributed by atoms with Gasteiger partial charge in [-0.05, 0) is 36.2 Å². The van der Waals surface area contributed by atoms with Gasteiger partial charge in [-0.1, -0.05) is 24.3 Å². The Morgan fingerprint density at radius 3 is 2.35 bits per heavy atom. The van der Waals surface area contributed by atoms with Crippen LogP contribution in [0.3, 0.4) is 0 Å². The van der Waals surface area contributed by atoms with Crippen LogP contribution in [-0.2, 0) is 11.2 Å². The van der Waals surface area contributed by atoms with Crippen molar-refractivity contribution in [3.8, 4) is 11.5 Å². The molecule has 104 valence electrons. The SMILES string of the molecule is COc1ccccc1OC(=O)CCc1ccc(F)cc1. The number of hydrogen-bond acceptors (Lipinski definition) is 3. The average Bonchev–Trinajstić information content (AvgIpc) is 2.47. The molecule has 0 radical (unpaired) electrons. The van der Waals surface area contributed by atoms with Gasteiger partial charge in [-0.2, -0.15) is 0 Å². The summed E-state index contributed by atoms with van der Waals surface area (Å²) in [5.41, 5.74) is 0.892. The van der Waals surface area contributed by atoms with E-state index in [2.05, 4.69) is 0 Å². The molecule has 0 heterocycles. The zero-order valence-electron chi connectivity index (χ0n) is 11.1. The number of rotatable bonds is 5. The second kappa shape index (κ2) is 6.70. The highest BCUT2D eigenvalue weighted by Gasteiger charge is 2.09. The van der Waals surface area contributed by atoms with Gasteiger partial charge in [0.05, 0.1) is 7.11 Å². The molecule has 0 atom stereocenters. The number of carbonyl (C=O) groups excluding carboxylic acids is 1. The van der Waals surface area contributed by atoms with Crippen LogP contribution in [0, 0.1) is 5.82 Å². The van der Waals surface area contributed by atoms with Gasteiger partial charge >= 0.3 is 5.97 Å². The first-order valence-electron chi connectivity index (χ1n) is 6.27. The second-order valence-corrected chi connectivity index (χ2v) is 4.25. The number of carbonyl (C=O) groups is 1. The summed E-state index contributed by atoms with van der Waals surface area (Å²) in [6.45, 7) is 0. The molecule has 0 bridgehead atoms. The van der Waals surface area contributed by atoms with Gasteiger partial charge in [0.15, 0.2) is 11.5 Å². The van der Waals surface area contributed by atoms with E-state index in [1.54, 1.807) is 36.4 Å². The fourth-order valence-corrected chi connectivity index (χ4v) is 1.77. The van der Waals surface area contributed by atoms with Crippen LogP contribution in [-0.4, -0.2) is 13.1 Å². The molecular formula is C16H15FO3. The predicted octanol–water partition coefficient (Wildman–Crippen LogP) is 3.37. The number of methoxy groups -OCH3 is 1. The van der Waals surface area contributed by atoms with E-state index in [0.717, 1.165) is 5.56 Å². The summed E-state index contributed by atoms with van der Waals surface area (Å²) in [7, 11) is 1.52. The third-order valence-electron chi connectivity index (χ3n) is 2.82. The Kier molecular flexibility index (Phi) is 4.71. The summed E-state index contributed by atoms with van der Waals surface area (Å²) < 4.78 is 23.1. The summed E-state index contributed by atoms with van der Waals surface area (Å²) in [6.07, 6.45) is 0.734. The molecule has 2 rings (SSSR count). The highest BCUT2D eigenvalue weighted by molar-refractivity contribution is 5.73. The number of benzene rings is 2. The number of hydrogen-bond donors (Lipinski definition) is 0. The molecule has 0 aliphatic rings. The van der Waals surface area contributed by atoms with Crippen molar-refractivity contribution in [3.63, 3.8) is 0 Å². The molecule has 0 fully saturated rings. The molecule has 2 aromatic rings. The minimum absolute atomic E-state index is 0.226. The Hall–Kier alpha value is -2.36. The van der Waals surface area contributed by atoms with Gasteiger partial charge in [0, 0.05) is 6.42 Å². The molecule has 0 aliphatic heterocycles. The molecule has 0 aliphatic carbocycles. The minimum Gasteiger partial charge on any atom is -0.493 e. The first kappa shape index (κ1) is 14.1. The van der Waals surface area contributed by atoms with Crippen molar-refractivity contribution in [1.82, 2.24) is 0 Å². The summed E-state index contributed by atoms with van der Waals surface area (Å²) in [5, 5.41) is 0. The zero-order chi connectivity index (χ0) is 14.4. The molecule has 0 saturated heterocycles. The number of esters is 1. The number of ether oxygens (including phenoxy) is 2. The molecule has 4 heteroatoms. The van der Waals surface area contributed by atoms with Gasteiger partial charge in [0.1, 0.15) is 5.82 Å². The maximum Gasteiger partial charge on any atom is 0.311 e. The van der Waals surface area contributed by atoms with Crippen LogP contribution in [0.2, 0.25) is 0 Å². The average molecular weight is 274 g/mol. The largest absolute Gasteiger partial charge is 0.493 e. The van der Waals surface area contributed by atoms with Crippen LogP contribution in [0.4, 0.5) is 4.39 Å². The lowest BCUT2D eigenvalue weighted by molar-refractivity contribution is -0.134. The lowest BCUT2D eigenvalue weighted by Crippen LogP contribution is -2.09. The van der Waals surface area contributed by atoms with Crippen LogP contribution >= 0.6 is 0 Å². The Bertz CT molecular complexity index is 579. The van der Waals surface area contributed by atoms with E-state index < -0.39 is 0 Å². The van der Waals surface area contributed by atoms with E-state index in [0.29, 0.717) is 17.9 Å². The lowest BCUT2D eigenvalue weighted by atomic mass is 10.1. The van der Waals surface area contributed by atoms with E-state index in [1.807, 2.05) is 0 Å². The van der Waals surface area contributed by atoms with Gasteiger partial charge in [-0.3, -0.25) is 4.79 Å². The van der Waals surface area contributed by atoms with Crippen molar-refractivity contribution in [2.75, 3.05) is 7.11 Å². The quantitative estimate of drug-likeness (QED) is 0.619. The summed E-state index contributed by atoms with van der Waals surface area (Å²) in [6, 6.07) is 13.0. The van der Waals surface area contributed by atoms with Crippen molar-refractivity contribution in [2.24, 2.45) is 0 Å². The first-order chi connectivity index (χ1) is 9.69. The van der Waals surface area contributed by atoms with Crippen LogP contribution in [0.1, 0.15) is 12.0 Å². The Balaban J connectivity index is 1.91. The van der Waals surface area contributed by atoms with E-state index in [9.17, 15) is 9.18 Å². The van der Waals surface area contributed by atoms with E-state index in [1.165, 1.54) is 19.2 Å². The monoisotopic (exact) mass is 274 g/mol. The highest BCUT2D eigenvalue weighted by Crippen LogP contribution is 2.26. The number of para-hydroxylation sites is 2. The number of halogens is 1. The fourth-order valence-electron chi connectivity index (χ4n) is 1.77. The molecular weight excluding hydrogens is 259 g/mol. The summed E-state index contributed by atoms with van der Waals surface area (Å²) in [4.78, 5) is 11.8. The highest BCUT2D eigenvalue weighted by atomic mass is 19.1. The normalized spacial score (nSPS) is 10.1. The Labute approximate surface area is 117 Å². The van der Waals surface area contributed by atoms with Gasteiger partial charge in [-0.15, -0.1) is 0 Å². The standard InChI is InChI=1S/C16H15FO3/c1-19-14-4-2-3-5-15(14)20-16(18)11-8-12-6-9-13(17)10-7-12/h2-7,9-10H,8,11H2,1H3. The van der Waals surface area contributed by atoms with Gasteiger partial charge in [-0.25, -0.2) is 4.39 Å². The topological polar surface area (TPSA) is 35.5 Å². The van der Waals surface area contributed by atoms with Crippen molar-refractivity contribution in [3.05, 3.63) is 59.9 Å². The van der Waals surface area contributed by atoms with E-state index in [4.69, 9.17) is 9.47 Å². The fraction of sp³-hybridized carbons (Fsp3) is 0.188. The summed E-state index contributed by atoms with van der Waals surface area (Å²) in [5.74, 6) is 0.283. The smallest absolute Gasteiger partial charge is 0.311 e. The van der Waals surface area contributed by atoms with Crippen molar-refractivity contribution in [1.29, 1.82) is 0 Å². The van der Waals surface area contributed by atoms with Crippen LogP contribution in [0.25, 0.3) is 0 Å². The minimum atomic E-state index is -0.348. The summed E-state index contributed by atoms with van der Waals surface area (Å²) >= 11 is 0. The molecule has 0 aromatic heterocycles. The Morgan fingerprint density at radius 2 is 1.70 bits per heavy atom. The van der Waals surface area contributed by atoms with Crippen molar-refractivity contribution < 1.29 is 18.7 Å². The van der Waals surface area contributed by atoms with Gasteiger partial charge in [0.2, 0.25) is 0 Å². The van der Waals surface area contributed by atoms with Crippen LogP contribution in [0.5, 0.6) is 11.5 Å². The predicted molar refractivity (Wildman–Crippen MR) is 73.4 cm³/mol. The maximum absolute atomic E-state index is 12.8. The maximum atomic E-state index is 12.8. The third-order valence-corrected chi connectivity index (χ3v) is 2.82. The molecule has 0 N–H and O–H groups in total. The van der Waals surface area contributed by atoms with Gasteiger partial charge < -0.3 is 9.47 Å². The second-order valence-electron chi connectivity index (χ2n) is 4.25. The van der Waals surface area contributed by atoms with E-state index >= 15 is 0 Å². The number of aryl methyl sites for hydroxylation is 1. The van der Waals surface area contributed by atoms with Crippen LogP contribution in [0.15, 0.2) is 48.5 Å². The molecule has 2 aromatic carbocycles. The molecule has 3 nitrogen and oxygen atoms in total.